The van der Waals surface area contributed by atoms with Crippen LogP contribution >= 0.6 is 11.6 Å². The van der Waals surface area contributed by atoms with Crippen molar-refractivity contribution in [3.8, 4) is 23.0 Å². The Morgan fingerprint density at radius 2 is 1.63 bits per heavy atom. The minimum Gasteiger partial charge on any atom is -0.494 e. The van der Waals surface area contributed by atoms with E-state index in [1.807, 2.05) is 13.8 Å². The SMILES string of the molecule is CCOc1ccc(C(=O)Oc2ccc(/C=N\NC(=O)COc3ccccc3Cl)cc2OCC)cc1. The fraction of sp³-hybridized carbons (Fsp3) is 0.192. The number of hydrogen-bond donors (Lipinski definition) is 1. The summed E-state index contributed by atoms with van der Waals surface area (Å²) in [4.78, 5) is 24.5. The van der Waals surface area contributed by atoms with Gasteiger partial charge in [-0.25, -0.2) is 10.2 Å². The lowest BCUT2D eigenvalue weighted by Gasteiger charge is -2.11. The summed E-state index contributed by atoms with van der Waals surface area (Å²) in [6, 6.07) is 18.5. The molecule has 0 fully saturated rings. The second kappa shape index (κ2) is 13.0. The van der Waals surface area contributed by atoms with E-state index >= 15 is 0 Å². The van der Waals surface area contributed by atoms with Gasteiger partial charge in [-0.05, 0) is 74.0 Å². The highest BCUT2D eigenvalue weighted by molar-refractivity contribution is 6.32. The van der Waals surface area contributed by atoms with Gasteiger partial charge in [0.2, 0.25) is 0 Å². The molecular formula is C26H25ClN2O6. The van der Waals surface area contributed by atoms with Gasteiger partial charge in [-0.15, -0.1) is 0 Å². The van der Waals surface area contributed by atoms with Crippen LogP contribution in [0.3, 0.4) is 0 Å². The predicted molar refractivity (Wildman–Crippen MR) is 133 cm³/mol. The molecule has 1 amide bonds. The monoisotopic (exact) mass is 496 g/mol. The average molecular weight is 497 g/mol. The van der Waals surface area contributed by atoms with Gasteiger partial charge < -0.3 is 18.9 Å². The summed E-state index contributed by atoms with van der Waals surface area (Å²) >= 11 is 5.99. The maximum atomic E-state index is 12.5. The van der Waals surface area contributed by atoms with Gasteiger partial charge >= 0.3 is 5.97 Å². The molecule has 0 aliphatic carbocycles. The van der Waals surface area contributed by atoms with Crippen molar-refractivity contribution in [1.82, 2.24) is 5.43 Å². The Bertz CT molecular complexity index is 1180. The van der Waals surface area contributed by atoms with Crippen LogP contribution in [0, 0.1) is 0 Å². The largest absolute Gasteiger partial charge is 0.494 e. The summed E-state index contributed by atoms with van der Waals surface area (Å²) in [5, 5.41) is 4.34. The van der Waals surface area contributed by atoms with Gasteiger partial charge in [0.1, 0.15) is 11.5 Å². The molecule has 8 nitrogen and oxygen atoms in total. The lowest BCUT2D eigenvalue weighted by Crippen LogP contribution is -2.24. The van der Waals surface area contributed by atoms with Crippen molar-refractivity contribution in [2.24, 2.45) is 5.10 Å². The molecule has 0 aliphatic rings. The summed E-state index contributed by atoms with van der Waals surface area (Å²) in [6.45, 7) is 4.36. The first kappa shape index (κ1) is 25.6. The van der Waals surface area contributed by atoms with Crippen molar-refractivity contribution < 1.29 is 28.5 Å². The summed E-state index contributed by atoms with van der Waals surface area (Å²) < 4.78 is 21.9. The van der Waals surface area contributed by atoms with Gasteiger partial charge in [-0.2, -0.15) is 5.10 Å². The van der Waals surface area contributed by atoms with Gasteiger partial charge in [-0.3, -0.25) is 4.79 Å². The zero-order valence-corrected chi connectivity index (χ0v) is 20.1. The molecule has 0 aliphatic heterocycles. The Morgan fingerprint density at radius 1 is 0.886 bits per heavy atom. The molecule has 0 aromatic heterocycles. The molecular weight excluding hydrogens is 472 g/mol. The van der Waals surface area contributed by atoms with Crippen molar-refractivity contribution in [3.05, 3.63) is 82.9 Å². The molecule has 0 spiro atoms. The third-order valence-corrected chi connectivity index (χ3v) is 4.78. The highest BCUT2D eigenvalue weighted by atomic mass is 35.5. The van der Waals surface area contributed by atoms with Crippen molar-refractivity contribution in [3.63, 3.8) is 0 Å². The minimum absolute atomic E-state index is 0.244. The molecule has 1 N–H and O–H groups in total. The van der Waals surface area contributed by atoms with E-state index in [0.29, 0.717) is 46.6 Å². The summed E-state index contributed by atoms with van der Waals surface area (Å²) in [5.74, 6) is 0.729. The molecule has 182 valence electrons. The van der Waals surface area contributed by atoms with Gasteiger partial charge in [0.15, 0.2) is 18.1 Å². The van der Waals surface area contributed by atoms with Crippen molar-refractivity contribution in [1.29, 1.82) is 0 Å². The first-order chi connectivity index (χ1) is 17.0. The summed E-state index contributed by atoms with van der Waals surface area (Å²) in [6.07, 6.45) is 1.44. The molecule has 3 rings (SSSR count). The number of esters is 1. The van der Waals surface area contributed by atoms with E-state index in [1.165, 1.54) is 6.21 Å². The van der Waals surface area contributed by atoms with E-state index in [1.54, 1.807) is 66.7 Å². The average Bonchev–Trinajstić information content (AvgIpc) is 2.86. The van der Waals surface area contributed by atoms with Crippen LogP contribution in [0.15, 0.2) is 71.8 Å². The Labute approximate surface area is 208 Å². The highest BCUT2D eigenvalue weighted by Crippen LogP contribution is 2.29. The molecule has 3 aromatic rings. The smallest absolute Gasteiger partial charge is 0.343 e. The van der Waals surface area contributed by atoms with Gasteiger partial charge in [0.25, 0.3) is 5.91 Å². The Kier molecular flexibility index (Phi) is 9.50. The number of halogens is 1. The first-order valence-corrected chi connectivity index (χ1v) is 11.3. The van der Waals surface area contributed by atoms with E-state index in [2.05, 4.69) is 10.5 Å². The number of rotatable bonds is 11. The second-order valence-corrected chi connectivity index (χ2v) is 7.41. The topological polar surface area (TPSA) is 95.5 Å². The molecule has 0 heterocycles. The lowest BCUT2D eigenvalue weighted by molar-refractivity contribution is -0.123. The van der Waals surface area contributed by atoms with Crippen LogP contribution in [-0.4, -0.2) is 37.9 Å². The lowest BCUT2D eigenvalue weighted by atomic mass is 10.2. The number of para-hydroxylation sites is 1. The zero-order valence-electron chi connectivity index (χ0n) is 19.3. The highest BCUT2D eigenvalue weighted by Gasteiger charge is 2.13. The molecule has 0 unspecified atom stereocenters. The fourth-order valence-electron chi connectivity index (χ4n) is 2.89. The van der Waals surface area contributed by atoms with E-state index < -0.39 is 11.9 Å². The maximum absolute atomic E-state index is 12.5. The van der Waals surface area contributed by atoms with E-state index in [-0.39, 0.29) is 12.4 Å². The molecule has 3 aromatic carbocycles. The minimum atomic E-state index is -0.527. The molecule has 35 heavy (non-hydrogen) atoms. The van der Waals surface area contributed by atoms with Crippen molar-refractivity contribution in [2.75, 3.05) is 19.8 Å². The standard InChI is InChI=1S/C26H25ClN2O6/c1-3-32-20-12-10-19(11-13-20)26(31)35-23-14-9-18(15-24(23)33-4-2)16-28-29-25(30)17-34-22-8-6-5-7-21(22)27/h5-16H,3-4,17H2,1-2H3,(H,29,30)/b28-16-. The van der Waals surface area contributed by atoms with Crippen LogP contribution in [0.2, 0.25) is 5.02 Å². The van der Waals surface area contributed by atoms with Crippen LogP contribution in [0.5, 0.6) is 23.0 Å². The Hall–Kier alpha value is -4.04. The van der Waals surface area contributed by atoms with E-state index in [4.69, 9.17) is 30.5 Å². The van der Waals surface area contributed by atoms with Crippen molar-refractivity contribution >= 4 is 29.7 Å². The zero-order chi connectivity index (χ0) is 25.0. The summed E-state index contributed by atoms with van der Waals surface area (Å²) in [5.41, 5.74) is 3.38. The maximum Gasteiger partial charge on any atom is 0.343 e. The number of carbonyl (C=O) groups excluding carboxylic acids is 2. The third kappa shape index (κ3) is 7.75. The molecule has 0 saturated carbocycles. The summed E-state index contributed by atoms with van der Waals surface area (Å²) in [7, 11) is 0. The Balaban J connectivity index is 1.59. The van der Waals surface area contributed by atoms with Crippen LogP contribution in [0.4, 0.5) is 0 Å². The molecule has 0 bridgehead atoms. The normalized spacial score (nSPS) is 10.6. The number of ether oxygens (including phenoxy) is 4. The Morgan fingerprint density at radius 3 is 2.34 bits per heavy atom. The number of nitrogens with one attached hydrogen (secondary N) is 1. The van der Waals surface area contributed by atoms with Gasteiger partial charge in [-0.1, -0.05) is 23.7 Å². The van der Waals surface area contributed by atoms with Crippen LogP contribution < -0.4 is 24.4 Å². The fourth-order valence-corrected chi connectivity index (χ4v) is 3.08. The number of benzene rings is 3. The quantitative estimate of drug-likeness (QED) is 0.176. The molecule has 0 atom stereocenters. The molecule has 0 saturated heterocycles. The second-order valence-electron chi connectivity index (χ2n) is 7.00. The van der Waals surface area contributed by atoms with Crippen LogP contribution in [-0.2, 0) is 4.79 Å². The number of hydrogen-bond acceptors (Lipinski definition) is 7. The van der Waals surface area contributed by atoms with Crippen LogP contribution in [0.1, 0.15) is 29.8 Å². The molecule has 0 radical (unpaired) electrons. The van der Waals surface area contributed by atoms with Gasteiger partial charge in [0.05, 0.1) is 30.0 Å². The van der Waals surface area contributed by atoms with Gasteiger partial charge in [0, 0.05) is 0 Å². The predicted octanol–water partition coefficient (Wildman–Crippen LogP) is 4.89. The number of amides is 1. The van der Waals surface area contributed by atoms with E-state index in [9.17, 15) is 9.59 Å². The van der Waals surface area contributed by atoms with Crippen molar-refractivity contribution in [2.45, 2.75) is 13.8 Å². The third-order valence-electron chi connectivity index (χ3n) is 4.47. The number of hydrazone groups is 1. The van der Waals surface area contributed by atoms with Crippen LogP contribution in [0.25, 0.3) is 0 Å². The number of carbonyl (C=O) groups is 2. The first-order valence-electron chi connectivity index (χ1n) is 10.9. The number of nitrogens with zero attached hydrogens (tertiary/aromatic N) is 1. The molecule has 9 heteroatoms. The van der Waals surface area contributed by atoms with E-state index in [0.717, 1.165) is 0 Å².